The molecular formula is C8H12N4O2S. The molecule has 1 rings (SSSR count). The van der Waals surface area contributed by atoms with Crippen LogP contribution in [0, 0.1) is 0 Å². The molecule has 0 bridgehead atoms. The summed E-state index contributed by atoms with van der Waals surface area (Å²) in [5, 5.41) is 6.35. The van der Waals surface area contributed by atoms with Gasteiger partial charge in [-0.1, -0.05) is 17.4 Å². The third-order valence-corrected chi connectivity index (χ3v) is 2.15. The van der Waals surface area contributed by atoms with Crippen LogP contribution in [0.3, 0.4) is 0 Å². The van der Waals surface area contributed by atoms with Crippen LogP contribution in [-0.4, -0.2) is 24.7 Å². The molecule has 7 heteroatoms. The second-order valence-electron chi connectivity index (χ2n) is 2.46. The van der Waals surface area contributed by atoms with Crippen LogP contribution in [0.5, 0.6) is 0 Å². The third-order valence-electron chi connectivity index (χ3n) is 1.34. The van der Waals surface area contributed by atoms with Crippen molar-refractivity contribution in [1.82, 2.24) is 10.3 Å². The molecule has 0 saturated heterocycles. The van der Waals surface area contributed by atoms with Crippen LogP contribution in [0.1, 0.15) is 0 Å². The van der Waals surface area contributed by atoms with Gasteiger partial charge < -0.3 is 5.32 Å². The number of aromatic nitrogens is 1. The van der Waals surface area contributed by atoms with Gasteiger partial charge in [0.25, 0.3) is 0 Å². The van der Waals surface area contributed by atoms with Crippen molar-refractivity contribution in [2.75, 3.05) is 24.5 Å². The Bertz CT molecular complexity index is 339. The molecule has 0 aromatic carbocycles. The van der Waals surface area contributed by atoms with Crippen LogP contribution in [-0.2, 0) is 4.84 Å². The van der Waals surface area contributed by atoms with Gasteiger partial charge in [0.15, 0.2) is 5.13 Å². The van der Waals surface area contributed by atoms with Crippen molar-refractivity contribution in [3.63, 3.8) is 0 Å². The summed E-state index contributed by atoms with van der Waals surface area (Å²) in [6.45, 7) is 3.90. The van der Waals surface area contributed by atoms with Gasteiger partial charge in [-0.15, -0.1) is 6.58 Å². The van der Waals surface area contributed by atoms with Crippen molar-refractivity contribution in [2.24, 2.45) is 0 Å². The minimum atomic E-state index is -0.312. The molecule has 0 saturated carbocycles. The zero-order valence-electron chi connectivity index (χ0n) is 8.24. The van der Waals surface area contributed by atoms with E-state index in [0.29, 0.717) is 11.7 Å². The lowest BCUT2D eigenvalue weighted by molar-refractivity contribution is 0.253. The minimum Gasteiger partial charge on any atom is -0.334 e. The van der Waals surface area contributed by atoms with Gasteiger partial charge in [-0.3, -0.25) is 15.6 Å². The Balaban J connectivity index is 2.42. The molecule has 2 amide bonds. The molecule has 15 heavy (non-hydrogen) atoms. The van der Waals surface area contributed by atoms with E-state index in [-0.39, 0.29) is 6.03 Å². The number of carbonyl (C=O) groups excluding carboxylic acids is 1. The number of amides is 2. The maximum absolute atomic E-state index is 11.2. The van der Waals surface area contributed by atoms with Gasteiger partial charge >= 0.3 is 6.03 Å². The molecule has 0 atom stereocenters. The van der Waals surface area contributed by atoms with E-state index in [1.807, 2.05) is 0 Å². The smallest absolute Gasteiger partial charge is 0.321 e. The number of nitrogens with zero attached hydrogens (tertiary/aromatic N) is 1. The number of hydrogen-bond acceptors (Lipinski definition) is 5. The molecule has 3 N–H and O–H groups in total. The summed E-state index contributed by atoms with van der Waals surface area (Å²) in [6, 6.07) is -0.312. The second-order valence-corrected chi connectivity index (χ2v) is 3.49. The number of nitrogens with one attached hydrogen (secondary N) is 3. The quantitative estimate of drug-likeness (QED) is 0.526. The zero-order chi connectivity index (χ0) is 11.1. The summed E-state index contributed by atoms with van der Waals surface area (Å²) in [5.74, 6) is 0. The van der Waals surface area contributed by atoms with Gasteiger partial charge in [0.2, 0.25) is 0 Å². The van der Waals surface area contributed by atoms with Crippen LogP contribution >= 0.6 is 11.3 Å². The first-order chi connectivity index (χ1) is 7.26. The summed E-state index contributed by atoms with van der Waals surface area (Å²) in [5.41, 5.74) is 2.61. The predicted octanol–water partition coefficient (Wildman–Crippen LogP) is 1.42. The predicted molar refractivity (Wildman–Crippen MR) is 60.0 cm³/mol. The molecule has 0 fully saturated rings. The van der Waals surface area contributed by atoms with Crippen LogP contribution < -0.4 is 16.1 Å². The molecule has 1 heterocycles. The summed E-state index contributed by atoms with van der Waals surface area (Å²) in [7, 11) is 1.50. The van der Waals surface area contributed by atoms with E-state index in [2.05, 4.69) is 32.5 Å². The number of rotatable bonds is 5. The molecule has 0 aliphatic carbocycles. The fourth-order valence-electron chi connectivity index (χ4n) is 0.786. The number of carbonyl (C=O) groups is 1. The first-order valence-electron chi connectivity index (χ1n) is 4.17. The first-order valence-corrected chi connectivity index (χ1v) is 4.98. The van der Waals surface area contributed by atoms with Crippen molar-refractivity contribution >= 4 is 27.5 Å². The Hall–Kier alpha value is -1.60. The first kappa shape index (κ1) is 11.5. The van der Waals surface area contributed by atoms with Crippen molar-refractivity contribution in [3.8, 4) is 0 Å². The van der Waals surface area contributed by atoms with Gasteiger partial charge in [0.1, 0.15) is 5.00 Å². The Morgan fingerprint density at radius 1 is 1.80 bits per heavy atom. The molecule has 0 spiro atoms. The van der Waals surface area contributed by atoms with Crippen LogP contribution in [0.4, 0.5) is 14.9 Å². The zero-order valence-corrected chi connectivity index (χ0v) is 9.06. The monoisotopic (exact) mass is 228 g/mol. The largest absolute Gasteiger partial charge is 0.334 e. The second kappa shape index (κ2) is 5.99. The van der Waals surface area contributed by atoms with Gasteiger partial charge in [-0.2, -0.15) is 0 Å². The Morgan fingerprint density at radius 2 is 2.60 bits per heavy atom. The fraction of sp³-hybridized carbons (Fsp3) is 0.250. The average Bonchev–Trinajstić information content (AvgIpc) is 2.63. The standard InChI is InChI=1S/C8H12N4O2S/c1-3-4-9-7(13)11-8-10-5-6(15-8)12-14-2/h3,5,12H,1,4H2,2H3,(H2,9,10,11,13). The van der Waals surface area contributed by atoms with E-state index < -0.39 is 0 Å². The Morgan fingerprint density at radius 3 is 3.27 bits per heavy atom. The molecule has 82 valence electrons. The third kappa shape index (κ3) is 3.96. The summed E-state index contributed by atoms with van der Waals surface area (Å²) in [4.78, 5) is 19.8. The maximum atomic E-state index is 11.2. The summed E-state index contributed by atoms with van der Waals surface area (Å²) in [6.07, 6.45) is 3.16. The van der Waals surface area contributed by atoms with Crippen molar-refractivity contribution in [2.45, 2.75) is 0 Å². The maximum Gasteiger partial charge on any atom is 0.321 e. The van der Waals surface area contributed by atoms with Crippen molar-refractivity contribution in [3.05, 3.63) is 18.9 Å². The van der Waals surface area contributed by atoms with E-state index in [0.717, 1.165) is 5.00 Å². The highest BCUT2D eigenvalue weighted by Crippen LogP contribution is 2.22. The lowest BCUT2D eigenvalue weighted by Crippen LogP contribution is -2.28. The van der Waals surface area contributed by atoms with Crippen molar-refractivity contribution in [1.29, 1.82) is 0 Å². The van der Waals surface area contributed by atoms with E-state index in [9.17, 15) is 4.79 Å². The normalized spacial score (nSPS) is 9.40. The average molecular weight is 228 g/mol. The van der Waals surface area contributed by atoms with Gasteiger partial charge in [0, 0.05) is 6.54 Å². The van der Waals surface area contributed by atoms with Gasteiger partial charge in [-0.05, 0) is 0 Å². The molecule has 0 unspecified atom stereocenters. The molecule has 0 aliphatic heterocycles. The lowest BCUT2D eigenvalue weighted by Gasteiger charge is -2.01. The lowest BCUT2D eigenvalue weighted by atomic mass is 10.6. The van der Waals surface area contributed by atoms with E-state index in [4.69, 9.17) is 0 Å². The molecular weight excluding hydrogens is 216 g/mol. The number of thiazole rings is 1. The van der Waals surface area contributed by atoms with Crippen LogP contribution in [0.25, 0.3) is 0 Å². The van der Waals surface area contributed by atoms with E-state index in [1.165, 1.54) is 18.4 Å². The molecule has 6 nitrogen and oxygen atoms in total. The van der Waals surface area contributed by atoms with E-state index >= 15 is 0 Å². The molecule has 1 aromatic rings. The Kier molecular flexibility index (Phi) is 4.58. The van der Waals surface area contributed by atoms with Crippen molar-refractivity contribution < 1.29 is 9.63 Å². The fourth-order valence-corrected chi connectivity index (χ4v) is 1.47. The van der Waals surface area contributed by atoms with Crippen LogP contribution in [0.2, 0.25) is 0 Å². The number of anilines is 2. The Labute approximate surface area is 91.3 Å². The summed E-state index contributed by atoms with van der Waals surface area (Å²) < 4.78 is 0. The topological polar surface area (TPSA) is 75.3 Å². The van der Waals surface area contributed by atoms with Gasteiger partial charge in [-0.25, -0.2) is 9.78 Å². The highest BCUT2D eigenvalue weighted by molar-refractivity contribution is 7.19. The number of urea groups is 1. The van der Waals surface area contributed by atoms with Crippen LogP contribution in [0.15, 0.2) is 18.9 Å². The molecule has 0 aliphatic rings. The SMILES string of the molecule is C=CCNC(=O)Nc1ncc(NOC)s1. The highest BCUT2D eigenvalue weighted by atomic mass is 32.1. The van der Waals surface area contributed by atoms with Gasteiger partial charge in [0.05, 0.1) is 13.3 Å². The molecule has 1 aromatic heterocycles. The minimum absolute atomic E-state index is 0.312. The molecule has 0 radical (unpaired) electrons. The van der Waals surface area contributed by atoms with E-state index in [1.54, 1.807) is 12.3 Å². The highest BCUT2D eigenvalue weighted by Gasteiger charge is 2.04. The number of hydrogen-bond donors (Lipinski definition) is 3. The summed E-state index contributed by atoms with van der Waals surface area (Å²) >= 11 is 1.27.